The van der Waals surface area contributed by atoms with Gasteiger partial charge in [0.05, 0.1) is 19.8 Å². The Kier molecular flexibility index (Phi) is 6.66. The summed E-state index contributed by atoms with van der Waals surface area (Å²) in [6.45, 7) is 5.29. The summed E-state index contributed by atoms with van der Waals surface area (Å²) in [5.41, 5.74) is 3.61. The van der Waals surface area contributed by atoms with Gasteiger partial charge >= 0.3 is 0 Å². The number of guanidine groups is 1. The van der Waals surface area contributed by atoms with Crippen molar-refractivity contribution in [2.75, 3.05) is 25.6 Å². The summed E-state index contributed by atoms with van der Waals surface area (Å²) in [6.07, 6.45) is 2.13. The van der Waals surface area contributed by atoms with Gasteiger partial charge in [0.25, 0.3) is 5.91 Å². The number of benzene rings is 2. The van der Waals surface area contributed by atoms with E-state index < -0.39 is 0 Å². The van der Waals surface area contributed by atoms with Gasteiger partial charge in [-0.1, -0.05) is 12.1 Å². The number of aryl methyl sites for hydroxylation is 2. The summed E-state index contributed by atoms with van der Waals surface area (Å²) < 4.78 is 10.9. The standard InChI is InChI=1S/C22H27N3O3/c1-15-9-10-17(12-16(15)2)21(26)25-22(23-14-20-8-5-11-28-20)24-18-6-4-7-19(13-18)27-3/h4,6-7,9-10,12-13,20H,5,8,11,14H2,1-3H3,(H2,23,24,25,26). The Bertz CT molecular complexity index is 858. The van der Waals surface area contributed by atoms with Crippen molar-refractivity contribution < 1.29 is 14.3 Å². The van der Waals surface area contributed by atoms with Crippen LogP contribution in [0, 0.1) is 13.8 Å². The highest BCUT2D eigenvalue weighted by Gasteiger charge is 2.16. The number of ether oxygens (including phenoxy) is 2. The monoisotopic (exact) mass is 381 g/mol. The minimum atomic E-state index is -0.204. The largest absolute Gasteiger partial charge is 0.497 e. The van der Waals surface area contributed by atoms with Gasteiger partial charge in [-0.25, -0.2) is 4.99 Å². The summed E-state index contributed by atoms with van der Waals surface area (Å²) in [5, 5.41) is 6.08. The summed E-state index contributed by atoms with van der Waals surface area (Å²) in [4.78, 5) is 17.3. The van der Waals surface area contributed by atoms with Crippen molar-refractivity contribution in [1.82, 2.24) is 5.32 Å². The van der Waals surface area contributed by atoms with Crippen LogP contribution in [0.25, 0.3) is 0 Å². The van der Waals surface area contributed by atoms with Crippen molar-refractivity contribution in [2.45, 2.75) is 32.8 Å². The van der Waals surface area contributed by atoms with Crippen molar-refractivity contribution in [3.05, 3.63) is 59.2 Å². The zero-order valence-corrected chi connectivity index (χ0v) is 16.6. The van der Waals surface area contributed by atoms with Crippen LogP contribution in [0.15, 0.2) is 47.5 Å². The van der Waals surface area contributed by atoms with Crippen LogP contribution < -0.4 is 15.4 Å². The second kappa shape index (κ2) is 9.37. The molecule has 28 heavy (non-hydrogen) atoms. The van der Waals surface area contributed by atoms with E-state index in [0.29, 0.717) is 18.1 Å². The lowest BCUT2D eigenvalue weighted by atomic mass is 10.1. The molecule has 6 nitrogen and oxygen atoms in total. The fourth-order valence-corrected chi connectivity index (χ4v) is 2.99. The molecule has 1 unspecified atom stereocenters. The number of nitrogens with one attached hydrogen (secondary N) is 2. The van der Waals surface area contributed by atoms with E-state index in [-0.39, 0.29) is 12.0 Å². The number of carbonyl (C=O) groups excluding carboxylic acids is 1. The Morgan fingerprint density at radius 3 is 2.79 bits per heavy atom. The molecule has 1 atom stereocenters. The maximum absolute atomic E-state index is 12.7. The molecule has 2 N–H and O–H groups in total. The smallest absolute Gasteiger partial charge is 0.257 e. The molecular weight excluding hydrogens is 354 g/mol. The molecule has 1 amide bonds. The zero-order chi connectivity index (χ0) is 19.9. The molecular formula is C22H27N3O3. The molecule has 3 rings (SSSR count). The first-order valence-corrected chi connectivity index (χ1v) is 9.51. The molecule has 0 aliphatic carbocycles. The lowest BCUT2D eigenvalue weighted by molar-refractivity contribution is 0.0975. The molecule has 148 valence electrons. The van der Waals surface area contributed by atoms with E-state index in [2.05, 4.69) is 15.6 Å². The quantitative estimate of drug-likeness (QED) is 0.612. The zero-order valence-electron chi connectivity index (χ0n) is 16.6. The Balaban J connectivity index is 1.76. The number of anilines is 1. The topological polar surface area (TPSA) is 71.9 Å². The molecule has 1 fully saturated rings. The Labute approximate surface area is 166 Å². The van der Waals surface area contributed by atoms with Gasteiger partial charge in [-0.05, 0) is 62.1 Å². The van der Waals surface area contributed by atoms with E-state index in [4.69, 9.17) is 9.47 Å². The molecule has 1 heterocycles. The number of amides is 1. The van der Waals surface area contributed by atoms with E-state index in [1.807, 2.05) is 56.3 Å². The van der Waals surface area contributed by atoms with Crippen molar-refractivity contribution in [2.24, 2.45) is 4.99 Å². The van der Waals surface area contributed by atoms with Gasteiger partial charge in [-0.2, -0.15) is 0 Å². The Morgan fingerprint density at radius 1 is 1.21 bits per heavy atom. The van der Waals surface area contributed by atoms with Crippen LogP contribution >= 0.6 is 0 Å². The molecule has 6 heteroatoms. The van der Waals surface area contributed by atoms with Gasteiger partial charge in [-0.15, -0.1) is 0 Å². The van der Waals surface area contributed by atoms with Crippen LogP contribution in [0.4, 0.5) is 5.69 Å². The van der Waals surface area contributed by atoms with Gasteiger partial charge in [0.15, 0.2) is 0 Å². The molecule has 0 spiro atoms. The molecule has 0 aromatic heterocycles. The van der Waals surface area contributed by atoms with Crippen LogP contribution in [0.5, 0.6) is 5.75 Å². The van der Waals surface area contributed by atoms with Crippen molar-refractivity contribution in [3.63, 3.8) is 0 Å². The number of aliphatic imine (C=N–C) groups is 1. The average molecular weight is 381 g/mol. The predicted octanol–water partition coefficient (Wildman–Crippen LogP) is 3.69. The SMILES string of the molecule is COc1cccc(NC(=NCC2CCCO2)NC(=O)c2ccc(C)c(C)c2)c1. The highest BCUT2D eigenvalue weighted by Crippen LogP contribution is 2.17. The van der Waals surface area contributed by atoms with Crippen LogP contribution in [-0.2, 0) is 4.74 Å². The Hall–Kier alpha value is -2.86. The summed E-state index contributed by atoms with van der Waals surface area (Å²) in [5.74, 6) is 0.917. The first kappa shape index (κ1) is 19.9. The van der Waals surface area contributed by atoms with Gasteiger partial charge in [0.2, 0.25) is 5.96 Å². The number of carbonyl (C=O) groups is 1. The Morgan fingerprint density at radius 2 is 2.07 bits per heavy atom. The molecule has 1 aliphatic heterocycles. The number of rotatable bonds is 5. The fraction of sp³-hybridized carbons (Fsp3) is 0.364. The maximum atomic E-state index is 12.7. The highest BCUT2D eigenvalue weighted by atomic mass is 16.5. The predicted molar refractivity (Wildman–Crippen MR) is 111 cm³/mol. The minimum Gasteiger partial charge on any atom is -0.497 e. The first-order chi connectivity index (χ1) is 13.5. The van der Waals surface area contributed by atoms with E-state index in [0.717, 1.165) is 42.0 Å². The number of hydrogen-bond donors (Lipinski definition) is 2. The third kappa shape index (κ3) is 5.33. The molecule has 0 bridgehead atoms. The molecule has 1 saturated heterocycles. The van der Waals surface area contributed by atoms with Gasteiger partial charge in [-0.3, -0.25) is 10.1 Å². The average Bonchev–Trinajstić information content (AvgIpc) is 3.22. The van der Waals surface area contributed by atoms with Crippen molar-refractivity contribution >= 4 is 17.6 Å². The molecule has 2 aromatic carbocycles. The van der Waals surface area contributed by atoms with Crippen LogP contribution in [-0.4, -0.2) is 38.2 Å². The van der Waals surface area contributed by atoms with E-state index in [1.54, 1.807) is 7.11 Å². The summed E-state index contributed by atoms with van der Waals surface area (Å²) in [7, 11) is 1.62. The summed E-state index contributed by atoms with van der Waals surface area (Å²) >= 11 is 0. The molecule has 0 radical (unpaired) electrons. The third-order valence-electron chi connectivity index (χ3n) is 4.81. The van der Waals surface area contributed by atoms with Crippen LogP contribution in [0.3, 0.4) is 0 Å². The second-order valence-corrected chi connectivity index (χ2v) is 6.93. The number of methoxy groups -OCH3 is 1. The molecule has 2 aromatic rings. The highest BCUT2D eigenvalue weighted by molar-refractivity contribution is 6.10. The van der Waals surface area contributed by atoms with E-state index >= 15 is 0 Å². The number of hydrogen-bond acceptors (Lipinski definition) is 4. The lowest BCUT2D eigenvalue weighted by Crippen LogP contribution is -2.36. The van der Waals surface area contributed by atoms with Gasteiger partial charge in [0.1, 0.15) is 5.75 Å². The van der Waals surface area contributed by atoms with Gasteiger partial charge in [0, 0.05) is 23.9 Å². The summed E-state index contributed by atoms with van der Waals surface area (Å²) in [6, 6.07) is 13.1. The van der Waals surface area contributed by atoms with Gasteiger partial charge < -0.3 is 14.8 Å². The first-order valence-electron chi connectivity index (χ1n) is 9.51. The normalized spacial score (nSPS) is 16.7. The van der Waals surface area contributed by atoms with Crippen LogP contribution in [0.1, 0.15) is 34.3 Å². The van der Waals surface area contributed by atoms with Crippen LogP contribution in [0.2, 0.25) is 0 Å². The van der Waals surface area contributed by atoms with E-state index in [1.165, 1.54) is 0 Å². The number of nitrogens with zero attached hydrogens (tertiary/aromatic N) is 1. The molecule has 1 aliphatic rings. The van der Waals surface area contributed by atoms with E-state index in [9.17, 15) is 4.79 Å². The fourth-order valence-electron chi connectivity index (χ4n) is 2.99. The molecule has 0 saturated carbocycles. The van der Waals surface area contributed by atoms with Crippen molar-refractivity contribution in [3.8, 4) is 5.75 Å². The second-order valence-electron chi connectivity index (χ2n) is 6.93. The van der Waals surface area contributed by atoms with Crippen molar-refractivity contribution in [1.29, 1.82) is 0 Å². The maximum Gasteiger partial charge on any atom is 0.257 e. The minimum absolute atomic E-state index is 0.0978. The lowest BCUT2D eigenvalue weighted by Gasteiger charge is -2.14. The third-order valence-corrected chi connectivity index (χ3v) is 4.81.